The number of nitrogens with zero attached hydrogens (tertiary/aromatic N) is 1. The van der Waals surface area contributed by atoms with Gasteiger partial charge in [-0.15, -0.1) is 0 Å². The first kappa shape index (κ1) is 15.0. The molecule has 0 atom stereocenters. The fourth-order valence-corrected chi connectivity index (χ4v) is 2.62. The maximum Gasteiger partial charge on any atom is 0.123 e. The molecule has 3 rings (SSSR count). The van der Waals surface area contributed by atoms with Gasteiger partial charge in [0, 0.05) is 31.5 Å². The number of halogens is 1. The maximum absolute atomic E-state index is 13.6. The van der Waals surface area contributed by atoms with Gasteiger partial charge in [0.05, 0.1) is 5.69 Å². The number of hydrogen-bond donors (Lipinski definition) is 1. The minimum Gasteiger partial charge on any atom is -0.388 e. The Kier molecular flexibility index (Phi) is 4.20. The highest BCUT2D eigenvalue weighted by atomic mass is 19.1. The zero-order valence-electron chi connectivity index (χ0n) is 12.9. The Hall–Kier alpha value is -2.94. The molecule has 0 aliphatic rings. The molecule has 0 unspecified atom stereocenters. The molecule has 0 radical (unpaired) electrons. The number of pyridine rings is 1. The largest absolute Gasteiger partial charge is 0.388 e. The van der Waals surface area contributed by atoms with Crippen LogP contribution in [0.25, 0.3) is 28.5 Å². The average Bonchev–Trinajstić information content (AvgIpc) is 2.61. The van der Waals surface area contributed by atoms with Crippen LogP contribution in [0.2, 0.25) is 0 Å². The van der Waals surface area contributed by atoms with Gasteiger partial charge in [0.15, 0.2) is 0 Å². The summed E-state index contributed by atoms with van der Waals surface area (Å²) in [4.78, 5) is 4.46. The lowest BCUT2D eigenvalue weighted by atomic mass is 9.97. The van der Waals surface area contributed by atoms with Crippen LogP contribution in [0.5, 0.6) is 0 Å². The maximum atomic E-state index is 13.6. The summed E-state index contributed by atoms with van der Waals surface area (Å²) < 4.78 is 13.6. The van der Waals surface area contributed by atoms with Crippen molar-refractivity contribution in [2.75, 3.05) is 12.4 Å². The normalized spacial score (nSPS) is 10.3. The van der Waals surface area contributed by atoms with Crippen LogP contribution in [0.4, 0.5) is 10.1 Å². The van der Waals surface area contributed by atoms with E-state index in [0.29, 0.717) is 0 Å². The number of anilines is 1. The minimum absolute atomic E-state index is 0. The summed E-state index contributed by atoms with van der Waals surface area (Å²) in [5, 5.41) is 3.17. The van der Waals surface area contributed by atoms with Gasteiger partial charge in [0.1, 0.15) is 5.82 Å². The van der Waals surface area contributed by atoms with Crippen LogP contribution in [-0.2, 0) is 0 Å². The van der Waals surface area contributed by atoms with Gasteiger partial charge in [-0.3, -0.25) is 4.98 Å². The molecular weight excluding hydrogens is 287 g/mol. The summed E-state index contributed by atoms with van der Waals surface area (Å²) in [6, 6.07) is 16.5. The Morgan fingerprint density at radius 3 is 2.70 bits per heavy atom. The molecule has 2 aromatic carbocycles. The van der Waals surface area contributed by atoms with Gasteiger partial charge in [-0.1, -0.05) is 43.0 Å². The molecule has 0 amide bonds. The third-order valence-electron chi connectivity index (χ3n) is 3.76. The van der Waals surface area contributed by atoms with Gasteiger partial charge in [-0.25, -0.2) is 4.39 Å². The van der Waals surface area contributed by atoms with E-state index < -0.39 is 0 Å². The van der Waals surface area contributed by atoms with E-state index in [-0.39, 0.29) is 7.24 Å². The van der Waals surface area contributed by atoms with E-state index in [4.69, 9.17) is 0 Å². The molecule has 0 aliphatic carbocycles. The van der Waals surface area contributed by atoms with Crippen LogP contribution in [0.15, 0.2) is 67.4 Å². The van der Waals surface area contributed by atoms with Gasteiger partial charge < -0.3 is 5.32 Å². The fourth-order valence-electron chi connectivity index (χ4n) is 2.62. The van der Waals surface area contributed by atoms with E-state index >= 15 is 0 Å². The van der Waals surface area contributed by atoms with Gasteiger partial charge in [0.25, 0.3) is 0 Å². The number of nitrogens with one attached hydrogen (secondary N) is 1. The summed E-state index contributed by atoms with van der Waals surface area (Å²) in [5.74, 6) is -0.267. The van der Waals surface area contributed by atoms with Crippen molar-refractivity contribution in [1.29, 1.82) is 0 Å². The molecule has 0 bridgehead atoms. The van der Waals surface area contributed by atoms with Crippen LogP contribution >= 0.6 is 0 Å². The zero-order valence-corrected chi connectivity index (χ0v) is 12.9. The van der Waals surface area contributed by atoms with Crippen molar-refractivity contribution in [3.63, 3.8) is 0 Å². The molecule has 0 aliphatic heterocycles. The Morgan fingerprint density at radius 1 is 1.09 bits per heavy atom. The van der Waals surface area contributed by atoms with Crippen LogP contribution in [0, 0.1) is 5.82 Å². The predicted molar refractivity (Wildman–Crippen MR) is 96.8 cm³/mol. The van der Waals surface area contributed by atoms with Crippen molar-refractivity contribution in [3.8, 4) is 22.4 Å². The van der Waals surface area contributed by atoms with Gasteiger partial charge in [-0.05, 0) is 35.4 Å². The molecule has 1 heterocycles. The second kappa shape index (κ2) is 6.44. The second-order valence-corrected chi connectivity index (χ2v) is 5.17. The molecule has 0 fully saturated rings. The lowest BCUT2D eigenvalue weighted by Gasteiger charge is -2.12. The first-order valence-electron chi connectivity index (χ1n) is 7.38. The molecule has 0 spiro atoms. The van der Waals surface area contributed by atoms with Gasteiger partial charge >= 0.3 is 0 Å². The van der Waals surface area contributed by atoms with E-state index in [9.17, 15) is 4.39 Å². The first-order valence-corrected chi connectivity index (χ1v) is 7.38. The summed E-state index contributed by atoms with van der Waals surface area (Å²) in [6.45, 7) is 3.82. The lowest BCUT2D eigenvalue weighted by molar-refractivity contribution is 0.628. The number of aromatic nitrogens is 1. The standard InChI is InChI=1S/C20H17FN2.H2/c1-3-14-9-10-15(13-19(14)22-2)18-8-5-11-23-20(18)16-6-4-7-17(21)12-16;/h3-13,22H,1H2,2H3;1H. The highest BCUT2D eigenvalue weighted by molar-refractivity contribution is 5.83. The van der Waals surface area contributed by atoms with Crippen molar-refractivity contribution >= 4 is 11.8 Å². The molecule has 1 N–H and O–H groups in total. The van der Waals surface area contributed by atoms with Crippen LogP contribution < -0.4 is 5.32 Å². The van der Waals surface area contributed by atoms with Crippen molar-refractivity contribution < 1.29 is 5.82 Å². The quantitative estimate of drug-likeness (QED) is 0.690. The summed E-state index contributed by atoms with van der Waals surface area (Å²) in [5.41, 5.74) is 5.54. The first-order chi connectivity index (χ1) is 11.2. The van der Waals surface area contributed by atoms with E-state index in [1.807, 2.05) is 43.5 Å². The molecule has 1 aromatic heterocycles. The lowest BCUT2D eigenvalue weighted by Crippen LogP contribution is -1.94. The molecular formula is C20H19FN2. The summed E-state index contributed by atoms with van der Waals surface area (Å²) >= 11 is 0. The van der Waals surface area contributed by atoms with Gasteiger partial charge in [0.2, 0.25) is 0 Å². The van der Waals surface area contributed by atoms with Crippen molar-refractivity contribution in [3.05, 3.63) is 78.8 Å². The average molecular weight is 306 g/mol. The van der Waals surface area contributed by atoms with Crippen molar-refractivity contribution in [1.82, 2.24) is 4.98 Å². The van der Waals surface area contributed by atoms with E-state index in [2.05, 4.69) is 22.9 Å². The monoisotopic (exact) mass is 306 g/mol. The van der Waals surface area contributed by atoms with Crippen LogP contribution in [0.3, 0.4) is 0 Å². The van der Waals surface area contributed by atoms with E-state index in [1.165, 1.54) is 12.1 Å². The number of hydrogen-bond acceptors (Lipinski definition) is 2. The van der Waals surface area contributed by atoms with Crippen molar-refractivity contribution in [2.45, 2.75) is 0 Å². The van der Waals surface area contributed by atoms with Gasteiger partial charge in [-0.2, -0.15) is 0 Å². The molecule has 3 heteroatoms. The molecule has 116 valence electrons. The zero-order chi connectivity index (χ0) is 16.2. The third-order valence-corrected chi connectivity index (χ3v) is 3.76. The minimum atomic E-state index is -0.267. The highest BCUT2D eigenvalue weighted by Gasteiger charge is 2.10. The third kappa shape index (κ3) is 2.99. The Morgan fingerprint density at radius 2 is 1.96 bits per heavy atom. The van der Waals surface area contributed by atoms with Crippen LogP contribution in [0.1, 0.15) is 6.99 Å². The van der Waals surface area contributed by atoms with Crippen molar-refractivity contribution in [2.24, 2.45) is 0 Å². The number of rotatable bonds is 4. The fraction of sp³-hybridized carbons (Fsp3) is 0.0500. The Bertz CT molecular complexity index is 862. The molecule has 3 aromatic rings. The summed E-state index contributed by atoms with van der Waals surface area (Å²) in [7, 11) is 1.88. The SMILES string of the molecule is C=Cc1ccc(-c2cccnc2-c2cccc(F)c2)cc1NC.[HH]. The Labute approximate surface area is 136 Å². The van der Waals surface area contributed by atoms with E-state index in [1.54, 1.807) is 12.3 Å². The summed E-state index contributed by atoms with van der Waals surface area (Å²) in [6.07, 6.45) is 3.53. The molecule has 23 heavy (non-hydrogen) atoms. The molecule has 0 saturated carbocycles. The number of benzene rings is 2. The highest BCUT2D eigenvalue weighted by Crippen LogP contribution is 2.33. The molecule has 2 nitrogen and oxygen atoms in total. The Balaban J connectivity index is 0.00000208. The smallest absolute Gasteiger partial charge is 0.123 e. The van der Waals surface area contributed by atoms with Crippen LogP contribution in [-0.4, -0.2) is 12.0 Å². The molecule has 0 saturated heterocycles. The van der Waals surface area contributed by atoms with E-state index in [0.717, 1.165) is 33.6 Å². The second-order valence-electron chi connectivity index (χ2n) is 5.17. The predicted octanol–water partition coefficient (Wildman–Crippen LogP) is 5.49. The topological polar surface area (TPSA) is 24.9 Å².